The molecule has 68 valence electrons. The van der Waals surface area contributed by atoms with E-state index in [1.54, 1.807) is 0 Å². The van der Waals surface area contributed by atoms with Gasteiger partial charge in [-0.25, -0.2) is 0 Å². The van der Waals surface area contributed by atoms with Crippen LogP contribution in [0.25, 0.3) is 0 Å². The van der Waals surface area contributed by atoms with Crippen molar-refractivity contribution in [3.05, 3.63) is 17.8 Å². The van der Waals surface area contributed by atoms with Gasteiger partial charge in [0.15, 0.2) is 0 Å². The Morgan fingerprint density at radius 1 is 1.33 bits per heavy atom. The minimum atomic E-state index is 0.957. The summed E-state index contributed by atoms with van der Waals surface area (Å²) in [5.41, 5.74) is 7.24. The van der Waals surface area contributed by atoms with Gasteiger partial charge in [-0.3, -0.25) is 0 Å². The molecule has 12 heavy (non-hydrogen) atoms. The highest BCUT2D eigenvalue weighted by Gasteiger charge is 2.02. The lowest BCUT2D eigenvalue weighted by atomic mass is 10.2. The maximum absolute atomic E-state index is 5.94. The topological polar surface area (TPSA) is 30.9 Å². The van der Waals surface area contributed by atoms with Crippen LogP contribution in [0.4, 0.5) is 5.82 Å². The van der Waals surface area contributed by atoms with Crippen LogP contribution in [0, 0.1) is 0 Å². The predicted molar refractivity (Wildman–Crippen MR) is 53.1 cm³/mol. The molecule has 2 N–H and O–H groups in total. The summed E-state index contributed by atoms with van der Waals surface area (Å²) in [6.07, 6.45) is 5.50. The van der Waals surface area contributed by atoms with Gasteiger partial charge in [-0.05, 0) is 24.5 Å². The molecule has 0 amide bonds. The molecule has 1 aromatic rings. The van der Waals surface area contributed by atoms with Crippen molar-refractivity contribution in [3.63, 3.8) is 0 Å². The van der Waals surface area contributed by atoms with Crippen LogP contribution >= 0.6 is 0 Å². The van der Waals surface area contributed by atoms with Crippen molar-refractivity contribution in [1.29, 1.82) is 0 Å². The van der Waals surface area contributed by atoms with Crippen molar-refractivity contribution in [2.75, 3.05) is 5.73 Å². The molecule has 0 spiro atoms. The van der Waals surface area contributed by atoms with Gasteiger partial charge >= 0.3 is 0 Å². The molecule has 0 aromatic carbocycles. The van der Waals surface area contributed by atoms with Gasteiger partial charge in [0.25, 0.3) is 0 Å². The van der Waals surface area contributed by atoms with Crippen molar-refractivity contribution in [1.82, 2.24) is 4.57 Å². The highest BCUT2D eigenvalue weighted by molar-refractivity contribution is 5.41. The van der Waals surface area contributed by atoms with E-state index >= 15 is 0 Å². The predicted octanol–water partition coefficient (Wildman–Crippen LogP) is 2.43. The van der Waals surface area contributed by atoms with Gasteiger partial charge in [0.1, 0.15) is 5.82 Å². The number of nitrogens with zero attached hydrogens (tertiary/aromatic N) is 1. The Balaban J connectivity index is 2.74. The molecule has 0 aliphatic rings. The Bertz CT molecular complexity index is 214. The highest BCUT2D eigenvalue weighted by Crippen LogP contribution is 2.15. The van der Waals surface area contributed by atoms with Crippen LogP contribution in [0.3, 0.4) is 0 Å². The van der Waals surface area contributed by atoms with Gasteiger partial charge in [-0.15, -0.1) is 0 Å². The third kappa shape index (κ3) is 1.81. The molecule has 1 aromatic heterocycles. The molecule has 2 nitrogen and oxygen atoms in total. The monoisotopic (exact) mass is 166 g/mol. The SMILES string of the molecule is CCCc1ccn(CCC)c1N. The molecule has 0 aliphatic carbocycles. The largest absolute Gasteiger partial charge is 0.385 e. The van der Waals surface area contributed by atoms with E-state index < -0.39 is 0 Å². The van der Waals surface area contributed by atoms with Crippen LogP contribution in [0.15, 0.2) is 12.3 Å². The average molecular weight is 166 g/mol. The number of hydrogen-bond acceptors (Lipinski definition) is 1. The van der Waals surface area contributed by atoms with E-state index in [1.165, 1.54) is 12.0 Å². The minimum absolute atomic E-state index is 0.957. The highest BCUT2D eigenvalue weighted by atomic mass is 15.0. The van der Waals surface area contributed by atoms with Gasteiger partial charge in [-0.1, -0.05) is 20.3 Å². The van der Waals surface area contributed by atoms with Gasteiger partial charge in [0, 0.05) is 12.7 Å². The number of aromatic nitrogens is 1. The Morgan fingerprint density at radius 2 is 2.08 bits per heavy atom. The van der Waals surface area contributed by atoms with E-state index in [-0.39, 0.29) is 0 Å². The summed E-state index contributed by atoms with van der Waals surface area (Å²) in [7, 11) is 0. The lowest BCUT2D eigenvalue weighted by Gasteiger charge is -2.04. The fourth-order valence-electron chi connectivity index (χ4n) is 1.45. The van der Waals surface area contributed by atoms with Gasteiger partial charge in [0.2, 0.25) is 0 Å². The molecule has 0 radical (unpaired) electrons. The van der Waals surface area contributed by atoms with Gasteiger partial charge in [-0.2, -0.15) is 0 Å². The zero-order valence-corrected chi connectivity index (χ0v) is 8.01. The van der Waals surface area contributed by atoms with Crippen LogP contribution in [-0.2, 0) is 13.0 Å². The molecular weight excluding hydrogens is 148 g/mol. The number of aryl methyl sites for hydroxylation is 2. The quantitative estimate of drug-likeness (QED) is 0.731. The second-order valence-electron chi connectivity index (χ2n) is 3.17. The summed E-state index contributed by atoms with van der Waals surface area (Å²) >= 11 is 0. The maximum atomic E-state index is 5.94. The Labute approximate surface area is 74.4 Å². The van der Waals surface area contributed by atoms with Crippen molar-refractivity contribution in [2.45, 2.75) is 39.7 Å². The first-order valence-electron chi connectivity index (χ1n) is 4.73. The summed E-state index contributed by atoms with van der Waals surface area (Å²) in [6.45, 7) is 5.38. The van der Waals surface area contributed by atoms with E-state index in [2.05, 4.69) is 30.7 Å². The Morgan fingerprint density at radius 3 is 2.67 bits per heavy atom. The van der Waals surface area contributed by atoms with E-state index in [4.69, 9.17) is 5.73 Å². The molecule has 0 saturated carbocycles. The van der Waals surface area contributed by atoms with Crippen molar-refractivity contribution >= 4 is 5.82 Å². The van der Waals surface area contributed by atoms with Crippen molar-refractivity contribution in [3.8, 4) is 0 Å². The smallest absolute Gasteiger partial charge is 0.106 e. The van der Waals surface area contributed by atoms with Gasteiger partial charge in [0.05, 0.1) is 0 Å². The van der Waals surface area contributed by atoms with Crippen molar-refractivity contribution in [2.24, 2.45) is 0 Å². The fourth-order valence-corrected chi connectivity index (χ4v) is 1.45. The molecule has 0 atom stereocenters. The molecule has 2 heteroatoms. The molecule has 0 fully saturated rings. The summed E-state index contributed by atoms with van der Waals surface area (Å²) in [6, 6.07) is 2.13. The van der Waals surface area contributed by atoms with E-state index in [0.29, 0.717) is 0 Å². The lowest BCUT2D eigenvalue weighted by Crippen LogP contribution is -2.02. The average Bonchev–Trinajstić information content (AvgIpc) is 2.38. The standard InChI is InChI=1S/C10H18N2/c1-3-5-9-6-8-12(7-4-2)10(9)11/h6,8H,3-5,7,11H2,1-2H3. The molecular formula is C10H18N2. The summed E-state index contributed by atoms with van der Waals surface area (Å²) in [5.74, 6) is 0.957. The van der Waals surface area contributed by atoms with Crippen LogP contribution < -0.4 is 5.73 Å². The van der Waals surface area contributed by atoms with E-state index in [9.17, 15) is 0 Å². The maximum Gasteiger partial charge on any atom is 0.106 e. The number of nitrogens with two attached hydrogens (primary N) is 1. The van der Waals surface area contributed by atoms with Crippen LogP contribution in [0.2, 0.25) is 0 Å². The molecule has 1 heterocycles. The third-order valence-electron chi connectivity index (χ3n) is 2.08. The lowest BCUT2D eigenvalue weighted by molar-refractivity contribution is 0.689. The summed E-state index contributed by atoms with van der Waals surface area (Å²) in [5, 5.41) is 0. The minimum Gasteiger partial charge on any atom is -0.385 e. The Kier molecular flexibility index (Phi) is 3.20. The Hall–Kier alpha value is -0.920. The number of anilines is 1. The zero-order valence-electron chi connectivity index (χ0n) is 8.01. The second kappa shape index (κ2) is 4.19. The number of hydrogen-bond donors (Lipinski definition) is 1. The molecule has 0 aliphatic heterocycles. The normalized spacial score (nSPS) is 10.5. The van der Waals surface area contributed by atoms with Crippen LogP contribution in [0.1, 0.15) is 32.3 Å². The van der Waals surface area contributed by atoms with Crippen molar-refractivity contribution < 1.29 is 0 Å². The zero-order chi connectivity index (χ0) is 8.97. The molecule has 0 bridgehead atoms. The van der Waals surface area contributed by atoms with Crippen LogP contribution in [0.5, 0.6) is 0 Å². The first-order chi connectivity index (χ1) is 5.79. The summed E-state index contributed by atoms with van der Waals surface area (Å²) < 4.78 is 2.13. The van der Waals surface area contributed by atoms with Gasteiger partial charge < -0.3 is 10.3 Å². The van der Waals surface area contributed by atoms with Crippen LogP contribution in [-0.4, -0.2) is 4.57 Å². The molecule has 0 saturated heterocycles. The number of rotatable bonds is 4. The third-order valence-corrected chi connectivity index (χ3v) is 2.08. The molecule has 0 unspecified atom stereocenters. The number of nitrogen functional groups attached to an aromatic ring is 1. The second-order valence-corrected chi connectivity index (χ2v) is 3.17. The summed E-state index contributed by atoms with van der Waals surface area (Å²) in [4.78, 5) is 0. The first-order valence-corrected chi connectivity index (χ1v) is 4.73. The molecule has 1 rings (SSSR count). The van der Waals surface area contributed by atoms with E-state index in [0.717, 1.165) is 25.2 Å². The first kappa shape index (κ1) is 9.17. The van der Waals surface area contributed by atoms with E-state index in [1.807, 2.05) is 0 Å². The fraction of sp³-hybridized carbons (Fsp3) is 0.600.